The van der Waals surface area contributed by atoms with Crippen molar-refractivity contribution in [3.8, 4) is 0 Å². The second kappa shape index (κ2) is 7.21. The number of aromatic nitrogens is 5. The minimum atomic E-state index is -2.72. The predicted molar refractivity (Wildman–Crippen MR) is 104 cm³/mol. The highest BCUT2D eigenvalue weighted by Gasteiger charge is 2.30. The Balaban J connectivity index is 1.55. The van der Waals surface area contributed by atoms with Crippen LogP contribution in [0.3, 0.4) is 0 Å². The summed E-state index contributed by atoms with van der Waals surface area (Å²) in [6, 6.07) is 11.7. The molecule has 0 saturated heterocycles. The highest BCUT2D eigenvalue weighted by Crippen LogP contribution is 2.41. The Morgan fingerprint density at radius 3 is 2.71 bits per heavy atom. The maximum atomic E-state index is 13.3. The van der Waals surface area contributed by atoms with Crippen molar-refractivity contribution < 1.29 is 8.78 Å². The van der Waals surface area contributed by atoms with Crippen molar-refractivity contribution in [3.63, 3.8) is 0 Å². The topological polar surface area (TPSA) is 56.5 Å². The summed E-state index contributed by atoms with van der Waals surface area (Å²) < 4.78 is 28.7. The summed E-state index contributed by atoms with van der Waals surface area (Å²) in [6.07, 6.45) is 0.153. The fourth-order valence-corrected chi connectivity index (χ4v) is 4.82. The van der Waals surface area contributed by atoms with E-state index in [9.17, 15) is 8.78 Å². The van der Waals surface area contributed by atoms with E-state index in [-0.39, 0.29) is 0 Å². The van der Waals surface area contributed by atoms with Crippen molar-refractivity contribution in [2.45, 2.75) is 41.9 Å². The molecule has 0 bridgehead atoms. The number of thiophene rings is 1. The van der Waals surface area contributed by atoms with Crippen LogP contribution in [0.2, 0.25) is 0 Å². The molecule has 1 fully saturated rings. The molecule has 5 rings (SSSR count). The summed E-state index contributed by atoms with van der Waals surface area (Å²) in [7, 11) is 0. The van der Waals surface area contributed by atoms with Crippen molar-refractivity contribution in [2.24, 2.45) is 0 Å². The largest absolute Gasteiger partial charge is 0.302 e. The van der Waals surface area contributed by atoms with Crippen molar-refractivity contribution in [3.05, 3.63) is 58.3 Å². The highest BCUT2D eigenvalue weighted by atomic mass is 32.2. The Morgan fingerprint density at radius 2 is 1.96 bits per heavy atom. The van der Waals surface area contributed by atoms with Crippen LogP contribution < -0.4 is 0 Å². The lowest BCUT2D eigenvalue weighted by atomic mass is 10.2. The number of benzene rings is 1. The lowest BCUT2D eigenvalue weighted by Crippen LogP contribution is -2.04. The minimum Gasteiger partial charge on any atom is -0.302 e. The van der Waals surface area contributed by atoms with Crippen molar-refractivity contribution in [1.82, 2.24) is 24.7 Å². The lowest BCUT2D eigenvalue weighted by molar-refractivity contribution is 0.140. The zero-order valence-electron chi connectivity index (χ0n) is 14.6. The molecule has 1 aliphatic rings. The summed E-state index contributed by atoms with van der Waals surface area (Å²) in [4.78, 5) is 9.33. The SMILES string of the molecule is FC(F)c1nc(Sc2nnc(Cc3cccs3)n2C2CC2)c2ccccc2n1. The first-order valence-electron chi connectivity index (χ1n) is 8.88. The minimum absolute atomic E-state index is 0.370. The van der Waals surface area contributed by atoms with Crippen LogP contribution in [0.4, 0.5) is 8.78 Å². The molecule has 5 nitrogen and oxygen atoms in total. The average Bonchev–Trinajstić information content (AvgIpc) is 3.25. The third kappa shape index (κ3) is 3.40. The van der Waals surface area contributed by atoms with Gasteiger partial charge in [0.2, 0.25) is 0 Å². The van der Waals surface area contributed by atoms with Crippen molar-refractivity contribution >= 4 is 34.0 Å². The van der Waals surface area contributed by atoms with Crippen LogP contribution >= 0.6 is 23.1 Å². The van der Waals surface area contributed by atoms with E-state index in [0.29, 0.717) is 28.2 Å². The third-order valence-corrected chi connectivity index (χ3v) is 6.37. The Morgan fingerprint density at radius 1 is 1.11 bits per heavy atom. The van der Waals surface area contributed by atoms with Crippen molar-refractivity contribution in [1.29, 1.82) is 0 Å². The molecule has 0 radical (unpaired) electrons. The Labute approximate surface area is 167 Å². The summed E-state index contributed by atoms with van der Waals surface area (Å²) in [5.74, 6) is 0.442. The van der Waals surface area contributed by atoms with E-state index < -0.39 is 12.2 Å². The third-order valence-electron chi connectivity index (χ3n) is 4.53. The van der Waals surface area contributed by atoms with Gasteiger partial charge in [-0.25, -0.2) is 18.7 Å². The van der Waals surface area contributed by atoms with Crippen LogP contribution in [-0.4, -0.2) is 24.7 Å². The average molecular weight is 415 g/mol. The van der Waals surface area contributed by atoms with Crippen LogP contribution in [0.25, 0.3) is 10.9 Å². The standard InChI is InChI=1S/C19H15F2N5S2/c20-16(21)17-22-14-6-2-1-5-13(14)18(23-17)28-19-25-24-15(26(19)11-7-8-11)10-12-4-3-9-27-12/h1-6,9,11,16H,7-8,10H2. The van der Waals surface area contributed by atoms with Crippen LogP contribution in [0.5, 0.6) is 0 Å². The van der Waals surface area contributed by atoms with E-state index in [1.807, 2.05) is 23.6 Å². The van der Waals surface area contributed by atoms with E-state index in [2.05, 4.69) is 30.8 Å². The molecule has 1 saturated carbocycles. The molecule has 1 aromatic carbocycles. The second-order valence-electron chi connectivity index (χ2n) is 6.56. The van der Waals surface area contributed by atoms with E-state index in [1.165, 1.54) is 16.6 Å². The molecule has 3 heterocycles. The fourth-order valence-electron chi connectivity index (χ4n) is 3.09. The molecule has 0 spiro atoms. The summed E-state index contributed by atoms with van der Waals surface area (Å²) in [5.41, 5.74) is 0.506. The highest BCUT2D eigenvalue weighted by molar-refractivity contribution is 7.99. The van der Waals surface area contributed by atoms with Gasteiger partial charge in [0.25, 0.3) is 6.43 Å². The molecule has 0 unspecified atom stereocenters. The van der Waals surface area contributed by atoms with Gasteiger partial charge in [-0.1, -0.05) is 24.3 Å². The van der Waals surface area contributed by atoms with E-state index >= 15 is 0 Å². The van der Waals surface area contributed by atoms with Crippen LogP contribution in [-0.2, 0) is 6.42 Å². The number of alkyl halides is 2. The zero-order chi connectivity index (χ0) is 19.1. The molecule has 4 aromatic rings. The molecule has 0 amide bonds. The van der Waals surface area contributed by atoms with Crippen LogP contribution in [0.15, 0.2) is 52.0 Å². The molecular formula is C19H15F2N5S2. The number of rotatable bonds is 6. The first-order chi connectivity index (χ1) is 13.7. The van der Waals surface area contributed by atoms with E-state index in [0.717, 1.165) is 24.1 Å². The van der Waals surface area contributed by atoms with Crippen LogP contribution in [0.1, 0.15) is 41.8 Å². The molecule has 0 atom stereocenters. The number of hydrogen-bond donors (Lipinski definition) is 0. The van der Waals surface area contributed by atoms with Gasteiger partial charge in [-0.15, -0.1) is 21.5 Å². The maximum absolute atomic E-state index is 13.3. The summed E-state index contributed by atoms with van der Waals surface area (Å²) >= 11 is 2.97. The quantitative estimate of drug-likeness (QED) is 0.400. The molecular weight excluding hydrogens is 400 g/mol. The van der Waals surface area contributed by atoms with Gasteiger partial charge in [-0.3, -0.25) is 0 Å². The van der Waals surface area contributed by atoms with Gasteiger partial charge in [0.05, 0.1) is 5.52 Å². The van der Waals surface area contributed by atoms with Gasteiger partial charge in [0.15, 0.2) is 11.0 Å². The molecule has 0 N–H and O–H groups in total. The lowest BCUT2D eigenvalue weighted by Gasteiger charge is -2.10. The predicted octanol–water partition coefficient (Wildman–Crippen LogP) is 5.30. The monoisotopic (exact) mass is 415 g/mol. The van der Waals surface area contributed by atoms with Gasteiger partial charge >= 0.3 is 0 Å². The van der Waals surface area contributed by atoms with Gasteiger partial charge in [0, 0.05) is 22.7 Å². The van der Waals surface area contributed by atoms with Gasteiger partial charge in [0.1, 0.15) is 10.9 Å². The van der Waals surface area contributed by atoms with Crippen LogP contribution in [0, 0.1) is 0 Å². The molecule has 1 aliphatic carbocycles. The molecule has 142 valence electrons. The first-order valence-corrected chi connectivity index (χ1v) is 10.6. The zero-order valence-corrected chi connectivity index (χ0v) is 16.3. The van der Waals surface area contributed by atoms with Gasteiger partial charge in [-0.05, 0) is 42.1 Å². The maximum Gasteiger partial charge on any atom is 0.297 e. The number of para-hydroxylation sites is 1. The summed E-state index contributed by atoms with van der Waals surface area (Å²) in [5, 5.41) is 12.7. The Bertz CT molecular complexity index is 1120. The Hall–Kier alpha value is -2.39. The number of nitrogens with zero attached hydrogens (tertiary/aromatic N) is 5. The van der Waals surface area contributed by atoms with E-state index in [1.54, 1.807) is 23.5 Å². The normalized spacial score (nSPS) is 14.2. The smallest absolute Gasteiger partial charge is 0.297 e. The number of hydrogen-bond acceptors (Lipinski definition) is 6. The molecule has 0 aliphatic heterocycles. The Kier molecular flexibility index (Phi) is 4.56. The number of fused-ring (bicyclic) bond motifs is 1. The van der Waals surface area contributed by atoms with Crippen molar-refractivity contribution in [2.75, 3.05) is 0 Å². The fraction of sp³-hybridized carbons (Fsp3) is 0.263. The molecule has 9 heteroatoms. The molecule has 3 aromatic heterocycles. The van der Waals surface area contributed by atoms with E-state index in [4.69, 9.17) is 0 Å². The van der Waals surface area contributed by atoms with Gasteiger partial charge in [-0.2, -0.15) is 0 Å². The summed E-state index contributed by atoms with van der Waals surface area (Å²) in [6.45, 7) is 0. The van der Waals surface area contributed by atoms with Gasteiger partial charge < -0.3 is 4.57 Å². The molecule has 28 heavy (non-hydrogen) atoms. The second-order valence-corrected chi connectivity index (χ2v) is 8.55. The first kappa shape index (κ1) is 17.7. The number of halogens is 2.